The average Bonchev–Trinajstić information content (AvgIpc) is 3.14. The van der Waals surface area contributed by atoms with Crippen molar-refractivity contribution in [2.24, 2.45) is 0 Å². The minimum atomic E-state index is -1.18. The lowest BCUT2D eigenvalue weighted by molar-refractivity contribution is 0.102. The number of benzene rings is 2. The molecule has 10 heteroatoms. The number of anilines is 1. The Morgan fingerprint density at radius 3 is 2.53 bits per heavy atom. The zero-order valence-corrected chi connectivity index (χ0v) is 18.0. The third-order valence-electron chi connectivity index (χ3n) is 5.13. The lowest BCUT2D eigenvalue weighted by Gasteiger charge is -2.12. The first-order valence-corrected chi connectivity index (χ1v) is 10.2. The van der Waals surface area contributed by atoms with Gasteiger partial charge in [-0.15, -0.1) is 0 Å². The number of hydrogen-bond donors (Lipinski definition) is 3. The molecule has 34 heavy (non-hydrogen) atoms. The molecule has 2 amide bonds. The number of hydrogen-bond acceptors (Lipinski definition) is 4. The van der Waals surface area contributed by atoms with Gasteiger partial charge in [0.15, 0.2) is 11.4 Å². The number of amides is 2. The average molecular weight is 466 g/mol. The maximum Gasteiger partial charge on any atom is 0.404 e. The monoisotopic (exact) mass is 466 g/mol. The number of aryl methyl sites for hydroxylation is 1. The van der Waals surface area contributed by atoms with Gasteiger partial charge in [-0.2, -0.15) is 0 Å². The lowest BCUT2D eigenvalue weighted by Crippen LogP contribution is -2.22. The Morgan fingerprint density at radius 1 is 1.06 bits per heavy atom. The number of nitrogens with one attached hydrogen (secondary N) is 2. The molecule has 0 aliphatic carbocycles. The van der Waals surface area contributed by atoms with Gasteiger partial charge < -0.3 is 20.5 Å². The molecular formula is C24H20F2N4O4. The fourth-order valence-corrected chi connectivity index (χ4v) is 3.51. The largest absolute Gasteiger partial charge is 0.485 e. The van der Waals surface area contributed by atoms with Gasteiger partial charge in [-0.25, -0.2) is 18.6 Å². The van der Waals surface area contributed by atoms with E-state index in [1.807, 2.05) is 0 Å². The molecule has 0 spiro atoms. The van der Waals surface area contributed by atoms with Crippen LogP contribution >= 0.6 is 0 Å². The van der Waals surface area contributed by atoms with Gasteiger partial charge in [0.25, 0.3) is 5.91 Å². The van der Waals surface area contributed by atoms with Crippen LogP contribution in [0.2, 0.25) is 0 Å². The van der Waals surface area contributed by atoms with Crippen LogP contribution in [0.15, 0.2) is 60.8 Å². The maximum absolute atomic E-state index is 13.9. The van der Waals surface area contributed by atoms with Crippen LogP contribution < -0.4 is 15.4 Å². The van der Waals surface area contributed by atoms with E-state index in [-0.39, 0.29) is 30.2 Å². The van der Waals surface area contributed by atoms with E-state index in [1.54, 1.807) is 49.5 Å². The summed E-state index contributed by atoms with van der Waals surface area (Å²) in [5.74, 6) is -1.66. The number of para-hydroxylation sites is 1. The molecule has 0 fully saturated rings. The van der Waals surface area contributed by atoms with Crippen molar-refractivity contribution in [1.29, 1.82) is 0 Å². The number of nitrogens with zero attached hydrogens (tertiary/aromatic N) is 2. The van der Waals surface area contributed by atoms with E-state index >= 15 is 0 Å². The molecule has 0 unspecified atom stereocenters. The first-order valence-electron chi connectivity index (χ1n) is 10.2. The van der Waals surface area contributed by atoms with Gasteiger partial charge in [-0.05, 0) is 42.8 Å². The lowest BCUT2D eigenvalue weighted by atomic mass is 10.1. The normalized spacial score (nSPS) is 10.8. The van der Waals surface area contributed by atoms with Gasteiger partial charge in [0, 0.05) is 18.4 Å². The van der Waals surface area contributed by atoms with Crippen molar-refractivity contribution in [2.75, 3.05) is 5.32 Å². The Morgan fingerprint density at radius 2 is 1.79 bits per heavy atom. The molecule has 8 nitrogen and oxygen atoms in total. The molecule has 3 N–H and O–H groups in total. The predicted octanol–water partition coefficient (Wildman–Crippen LogP) is 4.52. The molecule has 174 valence electrons. The summed E-state index contributed by atoms with van der Waals surface area (Å²) in [6.07, 6.45) is 0.445. The fraction of sp³-hybridized carbons (Fsp3) is 0.125. The van der Waals surface area contributed by atoms with E-state index in [4.69, 9.17) is 9.84 Å². The first-order chi connectivity index (χ1) is 16.3. The molecule has 2 aromatic carbocycles. The quantitative estimate of drug-likeness (QED) is 0.372. The molecule has 2 heterocycles. The van der Waals surface area contributed by atoms with Crippen LogP contribution in [-0.4, -0.2) is 26.5 Å². The number of carbonyl (C=O) groups is 2. The standard InChI is InChI=1S/C24H20F2N4O4/c1-14-21(23(31)29-19-9-3-2-6-15(19)12-27-24(32)33)30-11-5-10-20(22(30)28-14)34-13-16-17(25)7-4-8-18(16)26/h2-11,27H,12-13H2,1H3,(H,29,31)(H,32,33). The number of aromatic nitrogens is 2. The van der Waals surface area contributed by atoms with E-state index in [0.717, 1.165) is 12.1 Å². The summed E-state index contributed by atoms with van der Waals surface area (Å²) in [4.78, 5) is 28.4. The topological polar surface area (TPSA) is 105 Å². The van der Waals surface area contributed by atoms with Crippen LogP contribution in [0.5, 0.6) is 5.75 Å². The second-order valence-electron chi connectivity index (χ2n) is 7.37. The highest BCUT2D eigenvalue weighted by Crippen LogP contribution is 2.25. The summed E-state index contributed by atoms with van der Waals surface area (Å²) in [5.41, 5.74) is 1.77. The molecule has 4 aromatic rings. The highest BCUT2D eigenvalue weighted by molar-refractivity contribution is 6.05. The number of rotatable bonds is 7. The zero-order valence-electron chi connectivity index (χ0n) is 18.0. The summed E-state index contributed by atoms with van der Waals surface area (Å²) >= 11 is 0. The number of fused-ring (bicyclic) bond motifs is 1. The van der Waals surface area contributed by atoms with Gasteiger partial charge in [0.05, 0.1) is 11.3 Å². The van der Waals surface area contributed by atoms with Gasteiger partial charge in [0.1, 0.15) is 23.9 Å². The summed E-state index contributed by atoms with van der Waals surface area (Å²) < 4.78 is 35.1. The van der Waals surface area contributed by atoms with Gasteiger partial charge in [-0.1, -0.05) is 24.3 Å². The molecule has 0 radical (unpaired) electrons. The van der Waals surface area contributed by atoms with Gasteiger partial charge in [0.2, 0.25) is 0 Å². The van der Waals surface area contributed by atoms with E-state index < -0.39 is 23.6 Å². The minimum absolute atomic E-state index is 0.0164. The zero-order chi connectivity index (χ0) is 24.2. The van der Waals surface area contributed by atoms with Crippen molar-refractivity contribution >= 4 is 23.3 Å². The van der Waals surface area contributed by atoms with Crippen molar-refractivity contribution in [1.82, 2.24) is 14.7 Å². The van der Waals surface area contributed by atoms with Gasteiger partial charge >= 0.3 is 6.09 Å². The Labute approximate surface area is 192 Å². The van der Waals surface area contributed by atoms with E-state index in [9.17, 15) is 18.4 Å². The second-order valence-corrected chi connectivity index (χ2v) is 7.37. The maximum atomic E-state index is 13.9. The highest BCUT2D eigenvalue weighted by Gasteiger charge is 2.20. The number of carboxylic acid groups (broad SMARTS) is 1. The van der Waals surface area contributed by atoms with Gasteiger partial charge in [-0.3, -0.25) is 9.20 Å². The number of ether oxygens (including phenoxy) is 1. The summed E-state index contributed by atoms with van der Waals surface area (Å²) in [6.45, 7) is 1.32. The van der Waals surface area contributed by atoms with E-state index in [2.05, 4.69) is 15.6 Å². The smallest absolute Gasteiger partial charge is 0.404 e. The third-order valence-corrected chi connectivity index (χ3v) is 5.13. The number of imidazole rings is 1. The van der Waals surface area contributed by atoms with Crippen LogP contribution in [0, 0.1) is 18.6 Å². The number of carbonyl (C=O) groups excluding carboxylic acids is 1. The Bertz CT molecular complexity index is 1370. The molecule has 0 saturated carbocycles. The number of halogens is 2. The van der Waals surface area contributed by atoms with Crippen molar-refractivity contribution in [3.63, 3.8) is 0 Å². The summed E-state index contributed by atoms with van der Waals surface area (Å²) in [5, 5.41) is 13.9. The molecular weight excluding hydrogens is 446 g/mol. The van der Waals surface area contributed by atoms with Crippen molar-refractivity contribution in [3.8, 4) is 5.75 Å². The Balaban J connectivity index is 1.61. The first kappa shape index (κ1) is 22.7. The third kappa shape index (κ3) is 4.65. The second kappa shape index (κ2) is 9.57. The SMILES string of the molecule is Cc1nc2c(OCc3c(F)cccc3F)cccn2c1C(=O)Nc1ccccc1CNC(=O)O. The highest BCUT2D eigenvalue weighted by atomic mass is 19.1. The molecule has 0 aliphatic heterocycles. The van der Waals surface area contributed by atoms with Crippen LogP contribution in [0.3, 0.4) is 0 Å². The molecule has 4 rings (SSSR count). The summed E-state index contributed by atoms with van der Waals surface area (Å²) in [7, 11) is 0. The predicted molar refractivity (Wildman–Crippen MR) is 120 cm³/mol. The summed E-state index contributed by atoms with van der Waals surface area (Å²) in [6, 6.07) is 13.6. The Hall–Kier alpha value is -4.47. The van der Waals surface area contributed by atoms with Crippen LogP contribution in [0.4, 0.5) is 19.3 Å². The molecule has 2 aromatic heterocycles. The van der Waals surface area contributed by atoms with E-state index in [0.29, 0.717) is 22.6 Å². The molecule has 0 atom stereocenters. The van der Waals surface area contributed by atoms with Crippen molar-refractivity contribution in [2.45, 2.75) is 20.1 Å². The van der Waals surface area contributed by atoms with Crippen LogP contribution in [0.25, 0.3) is 5.65 Å². The number of pyridine rings is 1. The minimum Gasteiger partial charge on any atom is -0.485 e. The van der Waals surface area contributed by atoms with Crippen molar-refractivity contribution in [3.05, 3.63) is 94.9 Å². The van der Waals surface area contributed by atoms with Crippen molar-refractivity contribution < 1.29 is 28.2 Å². The molecule has 0 saturated heterocycles. The Kier molecular flexibility index (Phi) is 6.39. The van der Waals surface area contributed by atoms with E-state index in [1.165, 1.54) is 10.5 Å². The van der Waals surface area contributed by atoms with Crippen LogP contribution in [0.1, 0.15) is 27.3 Å². The van der Waals surface area contributed by atoms with Crippen LogP contribution in [-0.2, 0) is 13.2 Å². The molecule has 0 bridgehead atoms. The fourth-order valence-electron chi connectivity index (χ4n) is 3.51. The molecule has 0 aliphatic rings.